The molecule has 0 aliphatic carbocycles. The first-order valence-electron chi connectivity index (χ1n) is 8.11. The molecule has 2 unspecified atom stereocenters. The van der Waals surface area contributed by atoms with Gasteiger partial charge in [-0.25, -0.2) is 0 Å². The highest BCUT2D eigenvalue weighted by molar-refractivity contribution is 6.04. The highest BCUT2D eigenvalue weighted by atomic mass is 16.3. The number of nitrogens with zero attached hydrogens (tertiary/aromatic N) is 1. The Hall–Kier alpha value is -2.77. The Morgan fingerprint density at radius 3 is 2.52 bits per heavy atom. The maximum atomic E-state index is 12.2. The molecule has 3 rings (SSSR count). The minimum atomic E-state index is -0.464. The molecule has 2 atom stereocenters. The summed E-state index contributed by atoms with van der Waals surface area (Å²) in [6, 6.07) is 10.1. The van der Waals surface area contributed by atoms with E-state index in [0.29, 0.717) is 30.8 Å². The predicted molar refractivity (Wildman–Crippen MR) is 92.9 cm³/mol. The Labute approximate surface area is 145 Å². The molecule has 130 valence electrons. The Balaban J connectivity index is 1.51. The molecule has 0 saturated carbocycles. The Morgan fingerprint density at radius 1 is 1.16 bits per heavy atom. The van der Waals surface area contributed by atoms with Crippen LogP contribution in [0.3, 0.4) is 0 Å². The number of hydrogen-bond acceptors (Lipinski definition) is 5. The third-order valence-electron chi connectivity index (χ3n) is 4.05. The number of benzene rings is 1. The zero-order chi connectivity index (χ0) is 17.6. The number of carbonyl (C=O) groups is 2. The number of amides is 2. The first-order valence-corrected chi connectivity index (χ1v) is 8.11. The van der Waals surface area contributed by atoms with E-state index in [4.69, 9.17) is 0 Å². The molecule has 0 bridgehead atoms. The molecule has 1 aromatic heterocycles. The molecule has 2 heterocycles. The summed E-state index contributed by atoms with van der Waals surface area (Å²) in [4.78, 5) is 28.1. The summed E-state index contributed by atoms with van der Waals surface area (Å²) < 4.78 is 0. The number of nitrogens with one attached hydrogen (secondary N) is 3. The number of pyridine rings is 1. The van der Waals surface area contributed by atoms with Crippen molar-refractivity contribution in [1.29, 1.82) is 0 Å². The molecule has 0 radical (unpaired) electrons. The second-order valence-corrected chi connectivity index (χ2v) is 5.96. The second kappa shape index (κ2) is 7.87. The average molecular weight is 340 g/mol. The fourth-order valence-electron chi connectivity index (χ4n) is 2.64. The predicted octanol–water partition coefficient (Wildman–Crippen LogP) is 0.673. The van der Waals surface area contributed by atoms with Gasteiger partial charge in [0.1, 0.15) is 0 Å². The van der Waals surface area contributed by atoms with Crippen LogP contribution >= 0.6 is 0 Å². The monoisotopic (exact) mass is 340 g/mol. The van der Waals surface area contributed by atoms with Crippen LogP contribution in [-0.2, 0) is 11.3 Å². The summed E-state index contributed by atoms with van der Waals surface area (Å²) in [5.41, 5.74) is 2.11. The maximum absolute atomic E-state index is 12.2. The van der Waals surface area contributed by atoms with Crippen molar-refractivity contribution in [3.8, 4) is 0 Å². The van der Waals surface area contributed by atoms with E-state index in [0.717, 1.165) is 5.56 Å². The quantitative estimate of drug-likeness (QED) is 0.641. The van der Waals surface area contributed by atoms with Crippen LogP contribution in [0.4, 0.5) is 5.69 Å². The van der Waals surface area contributed by atoms with Crippen molar-refractivity contribution >= 4 is 17.5 Å². The fourth-order valence-corrected chi connectivity index (χ4v) is 2.64. The number of β-amino-alcohol motifs (C(OH)–C–C–N with tert-alkyl or cyclic N) is 1. The van der Waals surface area contributed by atoms with Crippen molar-refractivity contribution in [2.75, 3.05) is 11.9 Å². The van der Waals surface area contributed by atoms with E-state index < -0.39 is 6.10 Å². The summed E-state index contributed by atoms with van der Waals surface area (Å²) in [5.74, 6) is -0.331. The van der Waals surface area contributed by atoms with Gasteiger partial charge in [0.05, 0.1) is 12.1 Å². The lowest BCUT2D eigenvalue weighted by Gasteiger charge is -2.11. The molecule has 4 N–H and O–H groups in total. The maximum Gasteiger partial charge on any atom is 0.255 e. The zero-order valence-corrected chi connectivity index (χ0v) is 13.6. The van der Waals surface area contributed by atoms with E-state index in [1.54, 1.807) is 48.8 Å². The van der Waals surface area contributed by atoms with Gasteiger partial charge in [0.25, 0.3) is 5.91 Å². The van der Waals surface area contributed by atoms with Crippen LogP contribution in [0, 0.1) is 0 Å². The third-order valence-corrected chi connectivity index (χ3v) is 4.05. The number of rotatable bonds is 5. The van der Waals surface area contributed by atoms with Crippen molar-refractivity contribution in [3.05, 3.63) is 59.9 Å². The van der Waals surface area contributed by atoms with Gasteiger partial charge in [0, 0.05) is 36.7 Å². The lowest BCUT2D eigenvalue weighted by Crippen LogP contribution is -2.40. The summed E-state index contributed by atoms with van der Waals surface area (Å²) in [7, 11) is 0. The van der Waals surface area contributed by atoms with E-state index in [2.05, 4.69) is 20.9 Å². The lowest BCUT2D eigenvalue weighted by atomic mass is 10.1. The molecule has 1 aliphatic heterocycles. The molecule has 25 heavy (non-hydrogen) atoms. The SMILES string of the molecule is O=C(Nc1ccncc1)c1ccc(CNC(=O)C2CC(O)CN2)cc1. The van der Waals surface area contributed by atoms with Gasteiger partial charge < -0.3 is 21.1 Å². The van der Waals surface area contributed by atoms with Gasteiger partial charge in [0.2, 0.25) is 5.91 Å². The molecule has 7 nitrogen and oxygen atoms in total. The normalized spacial score (nSPS) is 19.4. The van der Waals surface area contributed by atoms with Crippen molar-refractivity contribution in [3.63, 3.8) is 0 Å². The van der Waals surface area contributed by atoms with Gasteiger partial charge in [-0.3, -0.25) is 14.6 Å². The molecule has 1 aromatic carbocycles. The van der Waals surface area contributed by atoms with Crippen LogP contribution in [0.15, 0.2) is 48.8 Å². The summed E-state index contributed by atoms with van der Waals surface area (Å²) >= 11 is 0. The van der Waals surface area contributed by atoms with E-state index in [1.165, 1.54) is 0 Å². The molecular weight excluding hydrogens is 320 g/mol. The summed E-state index contributed by atoms with van der Waals surface area (Å²) in [6.07, 6.45) is 3.19. The molecule has 1 saturated heterocycles. The lowest BCUT2D eigenvalue weighted by molar-refractivity contribution is -0.123. The van der Waals surface area contributed by atoms with Gasteiger partial charge in [-0.15, -0.1) is 0 Å². The first-order chi connectivity index (χ1) is 12.1. The first kappa shape index (κ1) is 17.1. The van der Waals surface area contributed by atoms with Gasteiger partial charge in [-0.1, -0.05) is 12.1 Å². The van der Waals surface area contributed by atoms with Crippen LogP contribution in [0.2, 0.25) is 0 Å². The number of carbonyl (C=O) groups excluding carboxylic acids is 2. The van der Waals surface area contributed by atoms with Gasteiger partial charge in [-0.2, -0.15) is 0 Å². The van der Waals surface area contributed by atoms with E-state index in [-0.39, 0.29) is 17.9 Å². The summed E-state index contributed by atoms with van der Waals surface area (Å²) in [6.45, 7) is 0.818. The Kier molecular flexibility index (Phi) is 5.37. The average Bonchev–Trinajstić information content (AvgIpc) is 3.07. The molecule has 1 fully saturated rings. The standard InChI is InChI=1S/C18H20N4O3/c23-15-9-16(20-11-15)18(25)21-10-12-1-3-13(4-2-12)17(24)22-14-5-7-19-8-6-14/h1-8,15-16,20,23H,9-11H2,(H,21,25)(H,19,22,24). The number of aliphatic hydroxyl groups is 1. The minimum absolute atomic E-state index is 0.129. The highest BCUT2D eigenvalue weighted by Gasteiger charge is 2.27. The third kappa shape index (κ3) is 4.62. The minimum Gasteiger partial charge on any atom is -0.392 e. The van der Waals surface area contributed by atoms with Crippen LogP contribution in [0.1, 0.15) is 22.3 Å². The smallest absolute Gasteiger partial charge is 0.255 e. The largest absolute Gasteiger partial charge is 0.392 e. The topological polar surface area (TPSA) is 103 Å². The fraction of sp³-hybridized carbons (Fsp3) is 0.278. The number of hydrogen-bond donors (Lipinski definition) is 4. The molecule has 2 amide bonds. The van der Waals surface area contributed by atoms with Gasteiger partial charge in [-0.05, 0) is 36.2 Å². The van der Waals surface area contributed by atoms with Crippen LogP contribution in [0.25, 0.3) is 0 Å². The number of aromatic nitrogens is 1. The zero-order valence-electron chi connectivity index (χ0n) is 13.6. The number of anilines is 1. The van der Waals surface area contributed by atoms with E-state index in [9.17, 15) is 14.7 Å². The van der Waals surface area contributed by atoms with Crippen LogP contribution < -0.4 is 16.0 Å². The van der Waals surface area contributed by atoms with Gasteiger partial charge >= 0.3 is 0 Å². The van der Waals surface area contributed by atoms with Crippen LogP contribution in [0.5, 0.6) is 0 Å². The Morgan fingerprint density at radius 2 is 1.88 bits per heavy atom. The second-order valence-electron chi connectivity index (χ2n) is 5.96. The molecule has 0 spiro atoms. The van der Waals surface area contributed by atoms with E-state index >= 15 is 0 Å². The summed E-state index contributed by atoms with van der Waals surface area (Å²) in [5, 5.41) is 18.0. The molecule has 2 aromatic rings. The van der Waals surface area contributed by atoms with E-state index in [1.807, 2.05) is 0 Å². The van der Waals surface area contributed by atoms with Crippen LogP contribution in [-0.4, -0.2) is 40.6 Å². The van der Waals surface area contributed by atoms with Crippen molar-refractivity contribution in [2.24, 2.45) is 0 Å². The highest BCUT2D eigenvalue weighted by Crippen LogP contribution is 2.10. The molecule has 7 heteroatoms. The molecule has 1 aliphatic rings. The molecular formula is C18H20N4O3. The Bertz CT molecular complexity index is 734. The van der Waals surface area contributed by atoms with Gasteiger partial charge in [0.15, 0.2) is 0 Å². The van der Waals surface area contributed by atoms with Crippen molar-refractivity contribution in [1.82, 2.24) is 15.6 Å². The van der Waals surface area contributed by atoms with Crippen molar-refractivity contribution in [2.45, 2.75) is 25.1 Å². The number of aliphatic hydroxyl groups excluding tert-OH is 1. The van der Waals surface area contributed by atoms with Crippen molar-refractivity contribution < 1.29 is 14.7 Å².